The SMILES string of the molecule is CCO[C@H]1C[C@@H](N)C1(C)C.Cl. The predicted molar refractivity (Wildman–Crippen MR) is 49.0 cm³/mol. The average molecular weight is 180 g/mol. The molecule has 0 aliphatic heterocycles. The van der Waals surface area contributed by atoms with Crippen molar-refractivity contribution in [3.8, 4) is 0 Å². The summed E-state index contributed by atoms with van der Waals surface area (Å²) in [5.41, 5.74) is 6.00. The van der Waals surface area contributed by atoms with E-state index < -0.39 is 0 Å². The number of ether oxygens (including phenoxy) is 1. The summed E-state index contributed by atoms with van der Waals surface area (Å²) in [5, 5.41) is 0. The zero-order valence-corrected chi connectivity index (χ0v) is 8.28. The second kappa shape index (κ2) is 3.74. The molecule has 0 bridgehead atoms. The molecule has 2 atom stereocenters. The molecule has 0 radical (unpaired) electrons. The molecule has 1 rings (SSSR count). The molecule has 0 heterocycles. The maximum absolute atomic E-state index is 5.80. The molecule has 0 unspecified atom stereocenters. The van der Waals surface area contributed by atoms with Gasteiger partial charge >= 0.3 is 0 Å². The summed E-state index contributed by atoms with van der Waals surface area (Å²) >= 11 is 0. The highest BCUT2D eigenvalue weighted by atomic mass is 35.5. The van der Waals surface area contributed by atoms with Gasteiger partial charge in [-0.05, 0) is 13.3 Å². The second-order valence-corrected chi connectivity index (χ2v) is 3.61. The van der Waals surface area contributed by atoms with Gasteiger partial charge in [0, 0.05) is 18.1 Å². The molecule has 1 aliphatic carbocycles. The molecule has 0 aromatic carbocycles. The maximum atomic E-state index is 5.80. The van der Waals surface area contributed by atoms with Crippen molar-refractivity contribution < 1.29 is 4.74 Å². The molecule has 2 nitrogen and oxygen atoms in total. The van der Waals surface area contributed by atoms with Crippen molar-refractivity contribution in [2.45, 2.75) is 39.3 Å². The highest BCUT2D eigenvalue weighted by Crippen LogP contribution is 2.41. The second-order valence-electron chi connectivity index (χ2n) is 3.61. The van der Waals surface area contributed by atoms with Gasteiger partial charge in [-0.2, -0.15) is 0 Å². The first kappa shape index (κ1) is 11.2. The third kappa shape index (κ3) is 1.86. The fourth-order valence-electron chi connectivity index (χ4n) is 1.40. The minimum Gasteiger partial charge on any atom is -0.378 e. The van der Waals surface area contributed by atoms with Crippen LogP contribution in [-0.2, 0) is 4.74 Å². The van der Waals surface area contributed by atoms with Crippen LogP contribution >= 0.6 is 12.4 Å². The Bertz CT molecular complexity index is 125. The number of hydrogen-bond acceptors (Lipinski definition) is 2. The van der Waals surface area contributed by atoms with Crippen molar-refractivity contribution >= 4 is 12.4 Å². The lowest BCUT2D eigenvalue weighted by Gasteiger charge is -2.49. The molecule has 0 amide bonds. The van der Waals surface area contributed by atoms with Gasteiger partial charge in [0.15, 0.2) is 0 Å². The van der Waals surface area contributed by atoms with Crippen LogP contribution in [0.4, 0.5) is 0 Å². The summed E-state index contributed by atoms with van der Waals surface area (Å²) < 4.78 is 5.48. The van der Waals surface area contributed by atoms with E-state index in [0.717, 1.165) is 13.0 Å². The fourth-order valence-corrected chi connectivity index (χ4v) is 1.40. The Kier molecular flexibility index (Phi) is 3.82. The van der Waals surface area contributed by atoms with Gasteiger partial charge in [0.05, 0.1) is 6.10 Å². The van der Waals surface area contributed by atoms with Gasteiger partial charge in [-0.15, -0.1) is 12.4 Å². The van der Waals surface area contributed by atoms with Gasteiger partial charge in [-0.25, -0.2) is 0 Å². The van der Waals surface area contributed by atoms with Crippen molar-refractivity contribution in [1.29, 1.82) is 0 Å². The van der Waals surface area contributed by atoms with Gasteiger partial charge < -0.3 is 10.5 Å². The zero-order valence-electron chi connectivity index (χ0n) is 7.46. The van der Waals surface area contributed by atoms with Crippen LogP contribution < -0.4 is 5.73 Å². The number of hydrogen-bond donors (Lipinski definition) is 1. The van der Waals surface area contributed by atoms with E-state index in [-0.39, 0.29) is 17.8 Å². The maximum Gasteiger partial charge on any atom is 0.0655 e. The van der Waals surface area contributed by atoms with E-state index in [9.17, 15) is 0 Å². The Balaban J connectivity index is 0.000001000. The minimum atomic E-state index is 0. The van der Waals surface area contributed by atoms with Crippen LogP contribution in [-0.4, -0.2) is 18.8 Å². The molecule has 0 aromatic rings. The first-order valence-electron chi connectivity index (χ1n) is 3.96. The zero-order chi connectivity index (χ0) is 7.78. The lowest BCUT2D eigenvalue weighted by atomic mass is 9.65. The standard InChI is InChI=1S/C8H17NO.ClH/c1-4-10-7-5-6(9)8(7,2)3;/h6-7H,4-5,9H2,1-3H3;1H/t6-,7+;/m1./s1. The molecule has 0 spiro atoms. The van der Waals surface area contributed by atoms with Crippen LogP contribution in [0.5, 0.6) is 0 Å². The quantitative estimate of drug-likeness (QED) is 0.699. The van der Waals surface area contributed by atoms with Gasteiger partial charge in [0.25, 0.3) is 0 Å². The fraction of sp³-hybridized carbons (Fsp3) is 1.00. The van der Waals surface area contributed by atoms with E-state index in [4.69, 9.17) is 10.5 Å². The molecule has 68 valence electrons. The van der Waals surface area contributed by atoms with Crippen LogP contribution in [0.2, 0.25) is 0 Å². The summed E-state index contributed by atoms with van der Waals surface area (Å²) in [4.78, 5) is 0. The van der Waals surface area contributed by atoms with E-state index in [1.165, 1.54) is 0 Å². The highest BCUT2D eigenvalue weighted by molar-refractivity contribution is 5.85. The Morgan fingerprint density at radius 2 is 2.09 bits per heavy atom. The van der Waals surface area contributed by atoms with E-state index in [2.05, 4.69) is 13.8 Å². The van der Waals surface area contributed by atoms with E-state index in [1.54, 1.807) is 0 Å². The molecule has 0 saturated heterocycles. The normalized spacial score (nSPS) is 33.8. The van der Waals surface area contributed by atoms with Crippen molar-refractivity contribution in [2.75, 3.05) is 6.61 Å². The summed E-state index contributed by atoms with van der Waals surface area (Å²) in [6.07, 6.45) is 1.42. The van der Waals surface area contributed by atoms with Crippen molar-refractivity contribution in [3.05, 3.63) is 0 Å². The van der Waals surface area contributed by atoms with Crippen LogP contribution in [0, 0.1) is 5.41 Å². The topological polar surface area (TPSA) is 35.2 Å². The van der Waals surface area contributed by atoms with E-state index in [1.807, 2.05) is 6.92 Å². The summed E-state index contributed by atoms with van der Waals surface area (Å²) in [5.74, 6) is 0. The number of nitrogens with two attached hydrogens (primary N) is 1. The lowest BCUT2D eigenvalue weighted by molar-refractivity contribution is -0.103. The number of halogens is 1. The summed E-state index contributed by atoms with van der Waals surface area (Å²) in [6.45, 7) is 7.17. The molecule has 2 N–H and O–H groups in total. The average Bonchev–Trinajstić information content (AvgIpc) is 1.88. The highest BCUT2D eigenvalue weighted by Gasteiger charge is 2.46. The molecule has 11 heavy (non-hydrogen) atoms. The van der Waals surface area contributed by atoms with Crippen molar-refractivity contribution in [3.63, 3.8) is 0 Å². The Labute approximate surface area is 74.9 Å². The molecule has 1 fully saturated rings. The molecule has 0 aromatic heterocycles. The van der Waals surface area contributed by atoms with Crippen LogP contribution in [0.1, 0.15) is 27.2 Å². The molecular weight excluding hydrogens is 162 g/mol. The summed E-state index contributed by atoms with van der Waals surface area (Å²) in [7, 11) is 0. The van der Waals surface area contributed by atoms with Gasteiger partial charge in [0.1, 0.15) is 0 Å². The Morgan fingerprint density at radius 1 is 1.55 bits per heavy atom. The van der Waals surface area contributed by atoms with E-state index >= 15 is 0 Å². The van der Waals surface area contributed by atoms with Crippen LogP contribution in [0.15, 0.2) is 0 Å². The first-order chi connectivity index (χ1) is 4.59. The lowest BCUT2D eigenvalue weighted by Crippen LogP contribution is -2.58. The third-order valence-electron chi connectivity index (χ3n) is 2.62. The van der Waals surface area contributed by atoms with Gasteiger partial charge in [-0.3, -0.25) is 0 Å². The monoisotopic (exact) mass is 179 g/mol. The molecule has 3 heteroatoms. The Morgan fingerprint density at radius 3 is 2.36 bits per heavy atom. The van der Waals surface area contributed by atoms with Crippen LogP contribution in [0.3, 0.4) is 0 Å². The molecular formula is C8H18ClNO. The van der Waals surface area contributed by atoms with Gasteiger partial charge in [-0.1, -0.05) is 13.8 Å². The van der Waals surface area contributed by atoms with E-state index in [0.29, 0.717) is 12.1 Å². The Hall–Kier alpha value is 0.210. The third-order valence-corrected chi connectivity index (χ3v) is 2.62. The number of rotatable bonds is 2. The van der Waals surface area contributed by atoms with Crippen LogP contribution in [0.25, 0.3) is 0 Å². The van der Waals surface area contributed by atoms with Gasteiger partial charge in [0.2, 0.25) is 0 Å². The largest absolute Gasteiger partial charge is 0.378 e. The summed E-state index contributed by atoms with van der Waals surface area (Å²) in [6, 6.07) is 0.337. The molecule has 1 aliphatic rings. The first-order valence-corrected chi connectivity index (χ1v) is 3.96. The molecule has 1 saturated carbocycles. The van der Waals surface area contributed by atoms with Crippen molar-refractivity contribution in [2.24, 2.45) is 11.1 Å². The van der Waals surface area contributed by atoms with Crippen molar-refractivity contribution in [1.82, 2.24) is 0 Å². The minimum absolute atomic E-state index is 0. The predicted octanol–water partition coefficient (Wildman–Crippen LogP) is 1.57. The smallest absolute Gasteiger partial charge is 0.0655 e.